The zero-order valence-electron chi connectivity index (χ0n) is 17.5. The lowest BCUT2D eigenvalue weighted by Crippen LogP contribution is -2.53. The molecule has 0 aromatic carbocycles. The van der Waals surface area contributed by atoms with Gasteiger partial charge in [-0.1, -0.05) is 0 Å². The largest absolute Gasteiger partial charge is 0.459 e. The highest BCUT2D eigenvalue weighted by Crippen LogP contribution is 2.10. The van der Waals surface area contributed by atoms with E-state index >= 15 is 0 Å². The maximum Gasteiger partial charge on any atom is 0.289 e. The Hall–Kier alpha value is -3.23. The number of amides is 2. The highest BCUT2D eigenvalue weighted by atomic mass is 16.3. The summed E-state index contributed by atoms with van der Waals surface area (Å²) in [5.74, 6) is 1.27. The van der Waals surface area contributed by atoms with E-state index in [2.05, 4.69) is 20.5 Å². The van der Waals surface area contributed by atoms with Crippen LogP contribution in [0.5, 0.6) is 0 Å². The number of nitrogens with one attached hydrogen (secondary N) is 2. The van der Waals surface area contributed by atoms with Crippen molar-refractivity contribution in [3.8, 4) is 0 Å². The average molecular weight is 415 g/mol. The lowest BCUT2D eigenvalue weighted by Gasteiger charge is -2.36. The van der Waals surface area contributed by atoms with Crippen LogP contribution in [0.25, 0.3) is 0 Å². The third kappa shape index (κ3) is 5.43. The van der Waals surface area contributed by atoms with E-state index in [4.69, 9.17) is 8.83 Å². The van der Waals surface area contributed by atoms with Gasteiger partial charge in [-0.3, -0.25) is 14.6 Å². The van der Waals surface area contributed by atoms with Crippen LogP contribution in [0.1, 0.15) is 40.0 Å². The number of rotatable bonds is 7. The molecule has 9 heteroatoms. The quantitative estimate of drug-likeness (QED) is 0.406. The predicted molar refractivity (Wildman–Crippen MR) is 113 cm³/mol. The SMILES string of the molecule is CCNC(=NCCCNC(=O)c1occc1C)N1CCN(C(=O)c2ccco2)CC1. The van der Waals surface area contributed by atoms with Crippen LogP contribution >= 0.6 is 0 Å². The van der Waals surface area contributed by atoms with Gasteiger partial charge >= 0.3 is 0 Å². The molecule has 1 fully saturated rings. The highest BCUT2D eigenvalue weighted by Gasteiger charge is 2.25. The molecule has 1 saturated heterocycles. The molecule has 3 heterocycles. The van der Waals surface area contributed by atoms with E-state index in [0.29, 0.717) is 50.8 Å². The molecule has 0 atom stereocenters. The second-order valence-corrected chi connectivity index (χ2v) is 7.03. The Kier molecular flexibility index (Phi) is 7.53. The van der Waals surface area contributed by atoms with E-state index in [0.717, 1.165) is 24.5 Å². The first kappa shape index (κ1) is 21.5. The topological polar surface area (TPSA) is 103 Å². The summed E-state index contributed by atoms with van der Waals surface area (Å²) in [5, 5.41) is 6.16. The Morgan fingerprint density at radius 1 is 1.07 bits per heavy atom. The van der Waals surface area contributed by atoms with Crippen LogP contribution in [-0.4, -0.2) is 73.4 Å². The molecule has 0 bridgehead atoms. The predicted octanol–water partition coefficient (Wildman–Crippen LogP) is 1.72. The molecular formula is C21H29N5O4. The van der Waals surface area contributed by atoms with Gasteiger partial charge < -0.3 is 29.3 Å². The summed E-state index contributed by atoms with van der Waals surface area (Å²) in [7, 11) is 0. The number of aryl methyl sites for hydroxylation is 1. The summed E-state index contributed by atoms with van der Waals surface area (Å²) in [6, 6.07) is 5.17. The van der Waals surface area contributed by atoms with Crippen molar-refractivity contribution in [3.05, 3.63) is 47.8 Å². The number of carbonyl (C=O) groups excluding carboxylic acids is 2. The van der Waals surface area contributed by atoms with Gasteiger partial charge in [0, 0.05) is 51.4 Å². The van der Waals surface area contributed by atoms with Crippen molar-refractivity contribution in [2.45, 2.75) is 20.3 Å². The van der Waals surface area contributed by atoms with Crippen LogP contribution in [-0.2, 0) is 0 Å². The summed E-state index contributed by atoms with van der Waals surface area (Å²) in [4.78, 5) is 33.1. The second-order valence-electron chi connectivity index (χ2n) is 7.03. The molecule has 9 nitrogen and oxygen atoms in total. The molecule has 2 aromatic heterocycles. The third-order valence-electron chi connectivity index (χ3n) is 4.88. The van der Waals surface area contributed by atoms with Crippen LogP contribution < -0.4 is 10.6 Å². The normalized spacial score (nSPS) is 14.7. The minimum Gasteiger partial charge on any atom is -0.459 e. The Bertz CT molecular complexity index is 851. The monoisotopic (exact) mass is 415 g/mol. The van der Waals surface area contributed by atoms with Crippen molar-refractivity contribution >= 4 is 17.8 Å². The highest BCUT2D eigenvalue weighted by molar-refractivity contribution is 5.93. The molecule has 2 aromatic rings. The standard InChI is InChI=1S/C21H29N5O4/c1-3-22-21(24-9-5-8-23-19(27)18-16(2)7-15-30-18)26-12-10-25(11-13-26)20(28)17-6-4-14-29-17/h4,6-7,14-15H,3,5,8-13H2,1-2H3,(H,22,24)(H,23,27). The van der Waals surface area contributed by atoms with Crippen molar-refractivity contribution in [2.24, 2.45) is 4.99 Å². The van der Waals surface area contributed by atoms with Gasteiger partial charge in [0.15, 0.2) is 17.5 Å². The van der Waals surface area contributed by atoms with Crippen molar-refractivity contribution in [1.82, 2.24) is 20.4 Å². The fourth-order valence-corrected chi connectivity index (χ4v) is 3.25. The molecule has 0 aliphatic carbocycles. The molecule has 3 rings (SSSR count). The van der Waals surface area contributed by atoms with Crippen molar-refractivity contribution in [2.75, 3.05) is 45.8 Å². The van der Waals surface area contributed by atoms with Gasteiger partial charge in [0.25, 0.3) is 11.8 Å². The summed E-state index contributed by atoms with van der Waals surface area (Å²) >= 11 is 0. The van der Waals surface area contributed by atoms with Gasteiger partial charge in [0.1, 0.15) is 0 Å². The van der Waals surface area contributed by atoms with Crippen LogP contribution in [0.2, 0.25) is 0 Å². The molecule has 0 unspecified atom stereocenters. The van der Waals surface area contributed by atoms with E-state index in [1.807, 2.05) is 13.8 Å². The van der Waals surface area contributed by atoms with Crippen LogP contribution in [0.3, 0.4) is 0 Å². The number of furan rings is 2. The van der Waals surface area contributed by atoms with Crippen LogP contribution in [0, 0.1) is 6.92 Å². The number of aliphatic imine (C=N–C) groups is 1. The van der Waals surface area contributed by atoms with Gasteiger partial charge in [0.05, 0.1) is 12.5 Å². The maximum absolute atomic E-state index is 12.4. The van der Waals surface area contributed by atoms with Gasteiger partial charge in [-0.15, -0.1) is 0 Å². The zero-order chi connectivity index (χ0) is 21.3. The van der Waals surface area contributed by atoms with E-state index in [1.165, 1.54) is 12.5 Å². The first-order valence-corrected chi connectivity index (χ1v) is 10.3. The van der Waals surface area contributed by atoms with E-state index < -0.39 is 0 Å². The number of nitrogens with zero attached hydrogens (tertiary/aromatic N) is 3. The summed E-state index contributed by atoms with van der Waals surface area (Å²) in [6.45, 7) is 8.37. The summed E-state index contributed by atoms with van der Waals surface area (Å²) < 4.78 is 10.4. The summed E-state index contributed by atoms with van der Waals surface area (Å²) in [6.07, 6.45) is 3.74. The van der Waals surface area contributed by atoms with E-state index in [-0.39, 0.29) is 11.8 Å². The molecule has 30 heavy (non-hydrogen) atoms. The number of guanidine groups is 1. The fourth-order valence-electron chi connectivity index (χ4n) is 3.25. The summed E-state index contributed by atoms with van der Waals surface area (Å²) in [5.41, 5.74) is 0.824. The Labute approximate surface area is 176 Å². The molecule has 2 N–H and O–H groups in total. The first-order chi connectivity index (χ1) is 14.6. The molecule has 1 aliphatic heterocycles. The van der Waals surface area contributed by atoms with Gasteiger partial charge in [-0.25, -0.2) is 0 Å². The number of hydrogen-bond acceptors (Lipinski definition) is 5. The average Bonchev–Trinajstić information content (AvgIpc) is 3.44. The molecule has 1 aliphatic rings. The van der Waals surface area contributed by atoms with Crippen molar-refractivity contribution < 1.29 is 18.4 Å². The lowest BCUT2D eigenvalue weighted by atomic mass is 10.2. The number of carbonyl (C=O) groups is 2. The molecule has 0 radical (unpaired) electrons. The fraction of sp³-hybridized carbons (Fsp3) is 0.476. The van der Waals surface area contributed by atoms with Gasteiger partial charge in [-0.05, 0) is 38.5 Å². The van der Waals surface area contributed by atoms with E-state index in [1.54, 1.807) is 23.1 Å². The minimum atomic E-state index is -0.203. The lowest BCUT2D eigenvalue weighted by molar-refractivity contribution is 0.0657. The molecule has 0 saturated carbocycles. The number of hydrogen-bond donors (Lipinski definition) is 2. The zero-order valence-corrected chi connectivity index (χ0v) is 17.5. The first-order valence-electron chi connectivity index (χ1n) is 10.3. The second kappa shape index (κ2) is 10.5. The van der Waals surface area contributed by atoms with Crippen molar-refractivity contribution in [1.29, 1.82) is 0 Å². The van der Waals surface area contributed by atoms with E-state index in [9.17, 15) is 9.59 Å². The molecule has 2 amide bonds. The Balaban J connectivity index is 1.44. The minimum absolute atomic E-state index is 0.0795. The Morgan fingerprint density at radius 2 is 1.83 bits per heavy atom. The van der Waals surface area contributed by atoms with Crippen LogP contribution in [0.4, 0.5) is 0 Å². The van der Waals surface area contributed by atoms with Gasteiger partial charge in [-0.2, -0.15) is 0 Å². The molecule has 162 valence electrons. The maximum atomic E-state index is 12.4. The smallest absolute Gasteiger partial charge is 0.289 e. The van der Waals surface area contributed by atoms with Crippen LogP contribution in [0.15, 0.2) is 44.6 Å². The van der Waals surface area contributed by atoms with Crippen molar-refractivity contribution in [3.63, 3.8) is 0 Å². The Morgan fingerprint density at radius 3 is 2.47 bits per heavy atom. The molecule has 0 spiro atoms. The third-order valence-corrected chi connectivity index (χ3v) is 4.88. The molecular weight excluding hydrogens is 386 g/mol. The van der Waals surface area contributed by atoms with Gasteiger partial charge in [0.2, 0.25) is 0 Å². The number of piperazine rings is 1.